The normalized spacial score (nSPS) is 11.4. The van der Waals surface area contributed by atoms with Crippen LogP contribution in [0.3, 0.4) is 0 Å². The molecule has 3 heteroatoms. The maximum atomic E-state index is 2.44. The van der Waals surface area contributed by atoms with Gasteiger partial charge in [0.1, 0.15) is 5.65 Å². The quantitative estimate of drug-likeness (QED) is 0.164. The molecule has 0 unspecified atom stereocenters. The largest absolute Gasteiger partial charge is 0.311 e. The topological polar surface area (TPSA) is 13.1 Å². The van der Waals surface area contributed by atoms with Gasteiger partial charge >= 0.3 is 0 Å². The predicted molar refractivity (Wildman–Crippen MR) is 223 cm³/mol. The van der Waals surface area contributed by atoms with Gasteiger partial charge in [0.25, 0.3) is 0 Å². The van der Waals surface area contributed by atoms with Gasteiger partial charge in [-0.05, 0) is 95.1 Å². The molecule has 0 fully saturated rings. The van der Waals surface area contributed by atoms with Crippen molar-refractivity contribution in [1.29, 1.82) is 0 Å². The van der Waals surface area contributed by atoms with Crippen molar-refractivity contribution < 1.29 is 0 Å². The van der Waals surface area contributed by atoms with Crippen LogP contribution in [0.1, 0.15) is 0 Å². The first-order valence-corrected chi connectivity index (χ1v) is 18.1. The van der Waals surface area contributed by atoms with Crippen LogP contribution in [0.15, 0.2) is 212 Å². The van der Waals surface area contributed by atoms with Crippen LogP contribution in [0.25, 0.3) is 66.5 Å². The van der Waals surface area contributed by atoms with E-state index in [2.05, 4.69) is 226 Å². The summed E-state index contributed by atoms with van der Waals surface area (Å²) in [5, 5.41) is 3.77. The van der Waals surface area contributed by atoms with Crippen LogP contribution in [0.4, 0.5) is 17.1 Å². The molecular formula is C50H35N3. The van der Waals surface area contributed by atoms with Crippen LogP contribution < -0.4 is 4.90 Å². The van der Waals surface area contributed by atoms with Crippen molar-refractivity contribution in [2.24, 2.45) is 0 Å². The summed E-state index contributed by atoms with van der Waals surface area (Å²) in [4.78, 5) is 2.29. The highest BCUT2D eigenvalue weighted by Gasteiger charge is 2.22. The third-order valence-corrected chi connectivity index (χ3v) is 10.3. The van der Waals surface area contributed by atoms with Crippen molar-refractivity contribution in [1.82, 2.24) is 9.13 Å². The Morgan fingerprint density at radius 3 is 1.26 bits per heavy atom. The molecule has 2 aromatic heterocycles. The first kappa shape index (κ1) is 30.7. The number of anilines is 3. The van der Waals surface area contributed by atoms with Crippen molar-refractivity contribution in [3.63, 3.8) is 0 Å². The maximum absolute atomic E-state index is 2.44. The van der Waals surface area contributed by atoms with E-state index < -0.39 is 0 Å². The Hall–Kier alpha value is -7.10. The average molecular weight is 678 g/mol. The SMILES string of the molecule is c1ccc(N(c2ccccc2)c2ccc(-c3ccc(-c4ccc5c6c7ccccc7n(-c7ccccc7)c6n(-c6ccccc6)c5c4)cc3)cc2)cc1. The van der Waals surface area contributed by atoms with Gasteiger partial charge in [-0.2, -0.15) is 0 Å². The lowest BCUT2D eigenvalue weighted by atomic mass is 9.99. The minimum Gasteiger partial charge on any atom is -0.311 e. The predicted octanol–water partition coefficient (Wildman–Crippen LogP) is 13.5. The van der Waals surface area contributed by atoms with E-state index in [0.717, 1.165) is 28.4 Å². The van der Waals surface area contributed by atoms with Gasteiger partial charge in [-0.15, -0.1) is 0 Å². The van der Waals surface area contributed by atoms with Crippen molar-refractivity contribution in [3.05, 3.63) is 212 Å². The summed E-state index contributed by atoms with van der Waals surface area (Å²) in [5.74, 6) is 0. The number of benzene rings is 8. The maximum Gasteiger partial charge on any atom is 0.131 e. The van der Waals surface area contributed by atoms with Gasteiger partial charge in [-0.1, -0.05) is 140 Å². The van der Waals surface area contributed by atoms with Crippen molar-refractivity contribution in [2.45, 2.75) is 0 Å². The van der Waals surface area contributed by atoms with Crippen LogP contribution in [0.5, 0.6) is 0 Å². The molecule has 2 heterocycles. The molecule has 10 aromatic rings. The molecule has 8 aromatic carbocycles. The lowest BCUT2D eigenvalue weighted by molar-refractivity contribution is 1.07. The molecule has 0 aliphatic carbocycles. The highest BCUT2D eigenvalue weighted by atomic mass is 15.1. The zero-order valence-electron chi connectivity index (χ0n) is 29.0. The van der Waals surface area contributed by atoms with E-state index in [0.29, 0.717) is 0 Å². The minimum atomic E-state index is 1.12. The monoisotopic (exact) mass is 677 g/mol. The van der Waals surface area contributed by atoms with E-state index in [9.17, 15) is 0 Å². The number of nitrogens with zero attached hydrogens (tertiary/aromatic N) is 3. The summed E-state index contributed by atoms with van der Waals surface area (Å²) in [7, 11) is 0. The van der Waals surface area contributed by atoms with E-state index in [-0.39, 0.29) is 0 Å². The van der Waals surface area contributed by atoms with E-state index >= 15 is 0 Å². The van der Waals surface area contributed by atoms with E-state index in [1.165, 1.54) is 55.1 Å². The molecule has 0 atom stereocenters. The number of para-hydroxylation sites is 5. The summed E-state index contributed by atoms with van der Waals surface area (Å²) in [6.45, 7) is 0. The van der Waals surface area contributed by atoms with Gasteiger partial charge in [0.05, 0.1) is 11.0 Å². The number of hydrogen-bond acceptors (Lipinski definition) is 1. The molecule has 0 bridgehead atoms. The summed E-state index contributed by atoms with van der Waals surface area (Å²) >= 11 is 0. The molecule has 0 spiro atoms. The van der Waals surface area contributed by atoms with Crippen LogP contribution in [0, 0.1) is 0 Å². The number of hydrogen-bond donors (Lipinski definition) is 0. The molecule has 3 nitrogen and oxygen atoms in total. The Bertz CT molecular complexity index is 2800. The summed E-state index contributed by atoms with van der Waals surface area (Å²) in [5.41, 5.74) is 14.0. The lowest BCUT2D eigenvalue weighted by Crippen LogP contribution is -2.09. The van der Waals surface area contributed by atoms with E-state index in [1.807, 2.05) is 0 Å². The fourth-order valence-electron chi connectivity index (χ4n) is 7.86. The first-order valence-electron chi connectivity index (χ1n) is 18.1. The van der Waals surface area contributed by atoms with Crippen LogP contribution in [-0.2, 0) is 0 Å². The fourth-order valence-corrected chi connectivity index (χ4v) is 7.86. The summed E-state index contributed by atoms with van der Waals surface area (Å²) in [6.07, 6.45) is 0. The second-order valence-electron chi connectivity index (χ2n) is 13.4. The second kappa shape index (κ2) is 12.9. The third-order valence-electron chi connectivity index (χ3n) is 10.3. The minimum absolute atomic E-state index is 1.12. The van der Waals surface area contributed by atoms with Gasteiger partial charge in [-0.25, -0.2) is 0 Å². The molecule has 0 aliphatic rings. The Morgan fingerprint density at radius 1 is 0.302 bits per heavy atom. The van der Waals surface area contributed by atoms with Gasteiger partial charge in [-0.3, -0.25) is 9.13 Å². The smallest absolute Gasteiger partial charge is 0.131 e. The molecule has 10 rings (SSSR count). The lowest BCUT2D eigenvalue weighted by Gasteiger charge is -2.25. The number of rotatable bonds is 7. The Labute approximate surface area is 308 Å². The highest BCUT2D eigenvalue weighted by molar-refractivity contribution is 6.22. The van der Waals surface area contributed by atoms with Crippen molar-refractivity contribution in [3.8, 4) is 33.6 Å². The average Bonchev–Trinajstić information content (AvgIpc) is 3.75. The molecule has 0 radical (unpaired) electrons. The van der Waals surface area contributed by atoms with Crippen LogP contribution in [0.2, 0.25) is 0 Å². The molecule has 0 saturated heterocycles. The molecule has 0 N–H and O–H groups in total. The van der Waals surface area contributed by atoms with Crippen molar-refractivity contribution >= 4 is 49.9 Å². The molecule has 0 saturated carbocycles. The molecular weight excluding hydrogens is 643 g/mol. The van der Waals surface area contributed by atoms with Crippen LogP contribution >= 0.6 is 0 Å². The van der Waals surface area contributed by atoms with Gasteiger partial charge in [0, 0.05) is 44.6 Å². The third kappa shape index (κ3) is 5.30. The Kier molecular flexibility index (Phi) is 7.47. The van der Waals surface area contributed by atoms with Gasteiger partial charge in [0.2, 0.25) is 0 Å². The fraction of sp³-hybridized carbons (Fsp3) is 0. The van der Waals surface area contributed by atoms with Crippen LogP contribution in [-0.4, -0.2) is 9.13 Å². The second-order valence-corrected chi connectivity index (χ2v) is 13.4. The molecule has 0 amide bonds. The van der Waals surface area contributed by atoms with Gasteiger partial charge in [0.15, 0.2) is 0 Å². The van der Waals surface area contributed by atoms with E-state index in [4.69, 9.17) is 0 Å². The Balaban J connectivity index is 1.06. The molecule has 250 valence electrons. The zero-order valence-corrected chi connectivity index (χ0v) is 29.0. The zero-order chi connectivity index (χ0) is 35.1. The molecule has 53 heavy (non-hydrogen) atoms. The highest BCUT2D eigenvalue weighted by Crippen LogP contribution is 2.42. The van der Waals surface area contributed by atoms with Gasteiger partial charge < -0.3 is 4.90 Å². The standard InChI is InChI=1S/C50H35N3/c1-5-15-40(16-6-1)51(41-17-7-2-8-18-41)44-32-29-37(30-33-44)36-25-27-38(28-26-36)39-31-34-46-48(35-39)53(43-21-11-4-12-22-43)50-49(46)45-23-13-14-24-47(45)52(50)42-19-9-3-10-20-42/h1-35H. The first-order chi connectivity index (χ1) is 26.3. The number of fused-ring (bicyclic) bond motifs is 5. The number of aromatic nitrogens is 2. The molecule has 0 aliphatic heterocycles. The summed E-state index contributed by atoms with van der Waals surface area (Å²) in [6, 6.07) is 76.1. The van der Waals surface area contributed by atoms with E-state index in [1.54, 1.807) is 0 Å². The summed E-state index contributed by atoms with van der Waals surface area (Å²) < 4.78 is 4.85. The van der Waals surface area contributed by atoms with Crippen molar-refractivity contribution in [2.75, 3.05) is 4.90 Å². The Morgan fingerprint density at radius 2 is 0.698 bits per heavy atom.